The van der Waals surface area contributed by atoms with E-state index in [1.165, 1.54) is 12.1 Å². The number of hydrogen-bond acceptors (Lipinski definition) is 6. The maximum absolute atomic E-state index is 10.9. The van der Waals surface area contributed by atoms with Gasteiger partial charge in [0.25, 0.3) is 6.01 Å². The van der Waals surface area contributed by atoms with E-state index in [9.17, 15) is 4.79 Å². The van der Waals surface area contributed by atoms with E-state index < -0.39 is 5.97 Å². The highest BCUT2D eigenvalue weighted by molar-refractivity contribution is 5.92. The SMILES string of the molecule is Cc1nc(CNc2nc3ccc(C(=O)O)cc3o2)oc1C. The molecule has 0 unspecified atom stereocenters. The number of nitrogens with one attached hydrogen (secondary N) is 1. The summed E-state index contributed by atoms with van der Waals surface area (Å²) >= 11 is 0. The predicted octanol–water partition coefficient (Wildman–Crippen LogP) is 2.74. The molecule has 0 radical (unpaired) electrons. The molecule has 21 heavy (non-hydrogen) atoms. The molecule has 7 nitrogen and oxygen atoms in total. The van der Waals surface area contributed by atoms with E-state index in [2.05, 4.69) is 15.3 Å². The molecule has 108 valence electrons. The van der Waals surface area contributed by atoms with E-state index in [1.54, 1.807) is 6.07 Å². The van der Waals surface area contributed by atoms with Crippen molar-refractivity contribution in [3.63, 3.8) is 0 Å². The van der Waals surface area contributed by atoms with Crippen LogP contribution in [0.4, 0.5) is 6.01 Å². The smallest absolute Gasteiger partial charge is 0.335 e. The predicted molar refractivity (Wildman–Crippen MR) is 74.3 cm³/mol. The Morgan fingerprint density at radius 2 is 2.10 bits per heavy atom. The quantitative estimate of drug-likeness (QED) is 0.760. The number of hydrogen-bond donors (Lipinski definition) is 2. The normalized spacial score (nSPS) is 11.0. The molecule has 0 aliphatic carbocycles. The molecule has 0 saturated heterocycles. The topological polar surface area (TPSA) is 101 Å². The number of carboxylic acids is 1. The van der Waals surface area contributed by atoms with Crippen LogP contribution in [0.1, 0.15) is 27.7 Å². The van der Waals surface area contributed by atoms with Crippen LogP contribution in [0.2, 0.25) is 0 Å². The third kappa shape index (κ3) is 2.58. The lowest BCUT2D eigenvalue weighted by Gasteiger charge is -1.96. The first-order valence-corrected chi connectivity index (χ1v) is 6.33. The van der Waals surface area contributed by atoms with E-state index in [0.717, 1.165) is 11.5 Å². The van der Waals surface area contributed by atoms with Crippen molar-refractivity contribution in [1.29, 1.82) is 0 Å². The van der Waals surface area contributed by atoms with Crippen molar-refractivity contribution >= 4 is 23.1 Å². The van der Waals surface area contributed by atoms with Gasteiger partial charge >= 0.3 is 5.97 Å². The third-order valence-corrected chi connectivity index (χ3v) is 3.10. The largest absolute Gasteiger partial charge is 0.478 e. The molecule has 0 atom stereocenters. The Labute approximate surface area is 119 Å². The maximum atomic E-state index is 10.9. The van der Waals surface area contributed by atoms with Gasteiger partial charge in [-0.1, -0.05) is 0 Å². The maximum Gasteiger partial charge on any atom is 0.335 e. The molecule has 3 rings (SSSR count). The standard InChI is InChI=1S/C14H13N3O4/c1-7-8(2)20-12(16-7)6-15-14-17-10-4-3-9(13(18)19)5-11(10)21-14/h3-5H,6H2,1-2H3,(H,15,17)(H,18,19). The minimum Gasteiger partial charge on any atom is -0.478 e. The van der Waals surface area contributed by atoms with Crippen LogP contribution in [-0.2, 0) is 6.54 Å². The van der Waals surface area contributed by atoms with Crippen molar-refractivity contribution < 1.29 is 18.7 Å². The first kappa shape index (κ1) is 13.2. The molecule has 0 spiro atoms. The van der Waals surface area contributed by atoms with Crippen LogP contribution in [0.15, 0.2) is 27.0 Å². The molecule has 0 aliphatic heterocycles. The molecule has 2 aromatic heterocycles. The van der Waals surface area contributed by atoms with Crippen LogP contribution in [0.5, 0.6) is 0 Å². The van der Waals surface area contributed by atoms with Gasteiger partial charge in [-0.05, 0) is 32.0 Å². The van der Waals surface area contributed by atoms with Crippen molar-refractivity contribution in [2.24, 2.45) is 0 Å². The fourth-order valence-corrected chi connectivity index (χ4v) is 1.90. The second-order valence-electron chi connectivity index (χ2n) is 4.61. The van der Waals surface area contributed by atoms with Crippen LogP contribution in [0.3, 0.4) is 0 Å². The molecule has 7 heteroatoms. The molecule has 2 heterocycles. The number of aromatic carboxylic acids is 1. The number of rotatable bonds is 4. The van der Waals surface area contributed by atoms with Crippen molar-refractivity contribution in [3.05, 3.63) is 41.1 Å². The van der Waals surface area contributed by atoms with Gasteiger partial charge in [0.05, 0.1) is 17.8 Å². The second kappa shape index (κ2) is 4.93. The van der Waals surface area contributed by atoms with E-state index in [1.807, 2.05) is 13.8 Å². The van der Waals surface area contributed by atoms with E-state index >= 15 is 0 Å². The summed E-state index contributed by atoms with van der Waals surface area (Å²) in [5.41, 5.74) is 2.00. The zero-order valence-electron chi connectivity index (χ0n) is 11.5. The van der Waals surface area contributed by atoms with Crippen molar-refractivity contribution in [2.75, 3.05) is 5.32 Å². The molecule has 3 aromatic rings. The van der Waals surface area contributed by atoms with Crippen molar-refractivity contribution in [3.8, 4) is 0 Å². The van der Waals surface area contributed by atoms with Crippen molar-refractivity contribution in [2.45, 2.75) is 20.4 Å². The Hall–Kier alpha value is -2.83. The average molecular weight is 287 g/mol. The summed E-state index contributed by atoms with van der Waals surface area (Å²) in [6, 6.07) is 4.82. The average Bonchev–Trinajstić information content (AvgIpc) is 2.99. The highest BCUT2D eigenvalue weighted by Crippen LogP contribution is 2.21. The van der Waals surface area contributed by atoms with Crippen LogP contribution >= 0.6 is 0 Å². The lowest BCUT2D eigenvalue weighted by molar-refractivity contribution is 0.0697. The fourth-order valence-electron chi connectivity index (χ4n) is 1.90. The molecule has 0 amide bonds. The molecule has 0 fully saturated rings. The molecular weight excluding hydrogens is 274 g/mol. The summed E-state index contributed by atoms with van der Waals surface area (Å²) in [6.07, 6.45) is 0. The third-order valence-electron chi connectivity index (χ3n) is 3.10. The summed E-state index contributed by atoms with van der Waals surface area (Å²) in [5, 5.41) is 11.9. The van der Waals surface area contributed by atoms with Gasteiger partial charge in [-0.3, -0.25) is 0 Å². The molecular formula is C14H13N3O4. The van der Waals surface area contributed by atoms with Crippen LogP contribution in [0, 0.1) is 13.8 Å². The summed E-state index contributed by atoms with van der Waals surface area (Å²) in [6.45, 7) is 4.06. The first-order valence-electron chi connectivity index (χ1n) is 6.33. The monoisotopic (exact) mass is 287 g/mol. The fraction of sp³-hybridized carbons (Fsp3) is 0.214. The highest BCUT2D eigenvalue weighted by Gasteiger charge is 2.11. The Kier molecular flexibility index (Phi) is 3.09. The van der Waals surface area contributed by atoms with Gasteiger partial charge < -0.3 is 19.3 Å². The van der Waals surface area contributed by atoms with E-state index in [-0.39, 0.29) is 5.56 Å². The number of oxazole rings is 2. The minimum absolute atomic E-state index is 0.157. The van der Waals surface area contributed by atoms with Gasteiger partial charge in [-0.2, -0.15) is 4.98 Å². The van der Waals surface area contributed by atoms with Gasteiger partial charge in [-0.25, -0.2) is 9.78 Å². The number of anilines is 1. The zero-order valence-corrected chi connectivity index (χ0v) is 11.5. The summed E-state index contributed by atoms with van der Waals surface area (Å²) in [5.74, 6) is 0.308. The molecule has 0 bridgehead atoms. The number of fused-ring (bicyclic) bond motifs is 1. The molecule has 1 aromatic carbocycles. The lowest BCUT2D eigenvalue weighted by atomic mass is 10.2. The number of carboxylic acid groups (broad SMARTS) is 1. The van der Waals surface area contributed by atoms with Crippen LogP contribution in [-0.4, -0.2) is 21.0 Å². The Bertz CT molecular complexity index is 799. The number of aromatic nitrogens is 2. The van der Waals surface area contributed by atoms with Gasteiger partial charge in [0.2, 0.25) is 5.89 Å². The Morgan fingerprint density at radius 3 is 2.76 bits per heavy atom. The van der Waals surface area contributed by atoms with Crippen molar-refractivity contribution in [1.82, 2.24) is 9.97 Å². The second-order valence-corrected chi connectivity index (χ2v) is 4.61. The first-order chi connectivity index (χ1) is 10.0. The number of aryl methyl sites for hydroxylation is 2. The summed E-state index contributed by atoms with van der Waals surface area (Å²) in [4.78, 5) is 19.4. The molecule has 2 N–H and O–H groups in total. The minimum atomic E-state index is -1.01. The van der Waals surface area contributed by atoms with E-state index in [4.69, 9.17) is 13.9 Å². The number of nitrogens with zero attached hydrogens (tertiary/aromatic N) is 2. The molecule has 0 aliphatic rings. The molecule has 0 saturated carbocycles. The number of carbonyl (C=O) groups is 1. The van der Waals surface area contributed by atoms with Gasteiger partial charge in [0, 0.05) is 0 Å². The lowest BCUT2D eigenvalue weighted by Crippen LogP contribution is -1.99. The Morgan fingerprint density at radius 1 is 1.29 bits per heavy atom. The van der Waals surface area contributed by atoms with Gasteiger partial charge in [-0.15, -0.1) is 0 Å². The summed E-state index contributed by atoms with van der Waals surface area (Å²) in [7, 11) is 0. The van der Waals surface area contributed by atoms with E-state index in [0.29, 0.717) is 29.5 Å². The Balaban J connectivity index is 1.79. The van der Waals surface area contributed by atoms with Crippen LogP contribution in [0.25, 0.3) is 11.1 Å². The van der Waals surface area contributed by atoms with Crippen LogP contribution < -0.4 is 5.32 Å². The van der Waals surface area contributed by atoms with Gasteiger partial charge in [0.15, 0.2) is 5.58 Å². The number of benzene rings is 1. The van der Waals surface area contributed by atoms with Gasteiger partial charge in [0.1, 0.15) is 11.3 Å². The summed E-state index contributed by atoms with van der Waals surface area (Å²) < 4.78 is 10.9. The highest BCUT2D eigenvalue weighted by atomic mass is 16.4. The zero-order chi connectivity index (χ0) is 15.0.